The molecule has 2 aromatic rings. The van der Waals surface area contributed by atoms with Crippen molar-refractivity contribution in [1.29, 1.82) is 0 Å². The molecule has 1 aromatic carbocycles. The molecule has 0 saturated carbocycles. The number of aliphatic hydroxyl groups excluding tert-OH is 1. The van der Waals surface area contributed by atoms with Crippen molar-refractivity contribution >= 4 is 11.0 Å². The van der Waals surface area contributed by atoms with Crippen molar-refractivity contribution in [3.8, 4) is 0 Å². The molecule has 0 aliphatic rings. The highest BCUT2D eigenvalue weighted by Crippen LogP contribution is 2.17. The Kier molecular flexibility index (Phi) is 4.37. The minimum atomic E-state index is -0.163. The van der Waals surface area contributed by atoms with Gasteiger partial charge >= 0.3 is 0 Å². The molecule has 2 rings (SSSR count). The SMILES string of the molecule is CCC(O)CCCc1nc2ccccc2n1CC. The van der Waals surface area contributed by atoms with Crippen molar-refractivity contribution in [1.82, 2.24) is 9.55 Å². The number of imidazole rings is 1. The van der Waals surface area contributed by atoms with Crippen LogP contribution in [0.1, 0.15) is 38.9 Å². The Morgan fingerprint density at radius 1 is 1.28 bits per heavy atom. The van der Waals surface area contributed by atoms with Crippen molar-refractivity contribution in [2.24, 2.45) is 0 Å². The first-order valence-electron chi connectivity index (χ1n) is 6.88. The lowest BCUT2D eigenvalue weighted by Crippen LogP contribution is -2.07. The highest BCUT2D eigenvalue weighted by Gasteiger charge is 2.09. The Labute approximate surface area is 108 Å². The molecule has 0 radical (unpaired) electrons. The standard InChI is InChI=1S/C15H22N2O/c1-3-12(18)8-7-11-15-16-13-9-5-6-10-14(13)17(15)4-2/h5-6,9-10,12,18H,3-4,7-8,11H2,1-2H3. The molecule has 3 nitrogen and oxygen atoms in total. The summed E-state index contributed by atoms with van der Waals surface area (Å²) in [4.78, 5) is 4.69. The Morgan fingerprint density at radius 2 is 2.06 bits per heavy atom. The van der Waals surface area contributed by atoms with Gasteiger partial charge in [-0.05, 0) is 38.3 Å². The number of aromatic nitrogens is 2. The Bertz CT molecular complexity index is 504. The van der Waals surface area contributed by atoms with Crippen LogP contribution in [0.15, 0.2) is 24.3 Å². The smallest absolute Gasteiger partial charge is 0.109 e. The average Bonchev–Trinajstić information content (AvgIpc) is 2.75. The van der Waals surface area contributed by atoms with Gasteiger partial charge in [0.15, 0.2) is 0 Å². The van der Waals surface area contributed by atoms with E-state index in [2.05, 4.69) is 34.7 Å². The first kappa shape index (κ1) is 13.1. The molecule has 0 spiro atoms. The fourth-order valence-corrected chi connectivity index (χ4v) is 2.37. The van der Waals surface area contributed by atoms with Crippen LogP contribution in [0.5, 0.6) is 0 Å². The van der Waals surface area contributed by atoms with Crippen LogP contribution in [-0.4, -0.2) is 20.8 Å². The van der Waals surface area contributed by atoms with Gasteiger partial charge in [-0.25, -0.2) is 4.98 Å². The molecular weight excluding hydrogens is 224 g/mol. The summed E-state index contributed by atoms with van der Waals surface area (Å²) in [6.07, 6.45) is 3.48. The zero-order valence-electron chi connectivity index (χ0n) is 11.3. The van der Waals surface area contributed by atoms with Crippen LogP contribution in [-0.2, 0) is 13.0 Å². The number of rotatable bonds is 6. The predicted octanol–water partition coefficient (Wildman–Crippen LogP) is 3.15. The molecule has 0 aliphatic carbocycles. The molecule has 1 atom stereocenters. The first-order chi connectivity index (χ1) is 8.76. The fraction of sp³-hybridized carbons (Fsp3) is 0.533. The third-order valence-electron chi connectivity index (χ3n) is 3.46. The van der Waals surface area contributed by atoms with E-state index in [1.807, 2.05) is 13.0 Å². The number of hydrogen-bond donors (Lipinski definition) is 1. The molecule has 0 fully saturated rings. The quantitative estimate of drug-likeness (QED) is 0.850. The number of para-hydroxylation sites is 2. The van der Waals surface area contributed by atoms with Gasteiger partial charge in [0.1, 0.15) is 5.82 Å². The summed E-state index contributed by atoms with van der Waals surface area (Å²) in [5, 5.41) is 9.58. The third kappa shape index (κ3) is 2.72. The summed E-state index contributed by atoms with van der Waals surface area (Å²) in [7, 11) is 0. The molecule has 1 N–H and O–H groups in total. The molecule has 3 heteroatoms. The Balaban J connectivity index is 2.12. The van der Waals surface area contributed by atoms with Crippen molar-refractivity contribution < 1.29 is 5.11 Å². The van der Waals surface area contributed by atoms with Gasteiger partial charge in [-0.3, -0.25) is 0 Å². The van der Waals surface area contributed by atoms with E-state index in [1.165, 1.54) is 5.52 Å². The maximum absolute atomic E-state index is 9.58. The van der Waals surface area contributed by atoms with Gasteiger partial charge < -0.3 is 9.67 Å². The topological polar surface area (TPSA) is 38.1 Å². The van der Waals surface area contributed by atoms with Crippen LogP contribution in [0, 0.1) is 0 Å². The molecule has 0 aliphatic heterocycles. The van der Waals surface area contributed by atoms with Crippen LogP contribution in [0.3, 0.4) is 0 Å². The van der Waals surface area contributed by atoms with E-state index in [1.54, 1.807) is 0 Å². The van der Waals surface area contributed by atoms with Gasteiger partial charge in [-0.2, -0.15) is 0 Å². The van der Waals surface area contributed by atoms with Crippen molar-refractivity contribution in [3.05, 3.63) is 30.1 Å². The van der Waals surface area contributed by atoms with E-state index >= 15 is 0 Å². The monoisotopic (exact) mass is 246 g/mol. The normalized spacial score (nSPS) is 13.1. The van der Waals surface area contributed by atoms with Crippen LogP contribution in [0.2, 0.25) is 0 Å². The van der Waals surface area contributed by atoms with Crippen molar-refractivity contribution in [3.63, 3.8) is 0 Å². The highest BCUT2D eigenvalue weighted by molar-refractivity contribution is 5.75. The molecule has 18 heavy (non-hydrogen) atoms. The lowest BCUT2D eigenvalue weighted by molar-refractivity contribution is 0.157. The molecule has 1 unspecified atom stereocenters. The summed E-state index contributed by atoms with van der Waals surface area (Å²) >= 11 is 0. The van der Waals surface area contributed by atoms with Crippen molar-refractivity contribution in [2.45, 2.75) is 52.2 Å². The number of fused-ring (bicyclic) bond motifs is 1. The largest absolute Gasteiger partial charge is 0.393 e. The van der Waals surface area contributed by atoms with Crippen LogP contribution in [0.25, 0.3) is 11.0 Å². The molecule has 1 heterocycles. The number of benzene rings is 1. The van der Waals surface area contributed by atoms with Gasteiger partial charge in [-0.1, -0.05) is 19.1 Å². The van der Waals surface area contributed by atoms with E-state index in [9.17, 15) is 5.11 Å². The van der Waals surface area contributed by atoms with E-state index in [4.69, 9.17) is 0 Å². The molecule has 98 valence electrons. The molecule has 0 saturated heterocycles. The van der Waals surface area contributed by atoms with Crippen LogP contribution in [0.4, 0.5) is 0 Å². The van der Waals surface area contributed by atoms with Gasteiger partial charge in [0.25, 0.3) is 0 Å². The maximum Gasteiger partial charge on any atom is 0.109 e. The number of hydrogen-bond acceptors (Lipinski definition) is 2. The minimum absolute atomic E-state index is 0.163. The summed E-state index contributed by atoms with van der Waals surface area (Å²) in [6.45, 7) is 5.12. The lowest BCUT2D eigenvalue weighted by Gasteiger charge is -2.08. The predicted molar refractivity (Wildman–Crippen MR) is 74.6 cm³/mol. The first-order valence-corrected chi connectivity index (χ1v) is 6.88. The van der Waals surface area contributed by atoms with Crippen LogP contribution >= 0.6 is 0 Å². The third-order valence-corrected chi connectivity index (χ3v) is 3.46. The summed E-state index contributed by atoms with van der Waals surface area (Å²) in [6, 6.07) is 8.27. The van der Waals surface area contributed by atoms with E-state index in [-0.39, 0.29) is 6.10 Å². The average molecular weight is 246 g/mol. The van der Waals surface area contributed by atoms with E-state index < -0.39 is 0 Å². The summed E-state index contributed by atoms with van der Waals surface area (Å²) < 4.78 is 2.27. The Morgan fingerprint density at radius 3 is 2.78 bits per heavy atom. The number of aryl methyl sites for hydroxylation is 2. The molecule has 0 amide bonds. The fourth-order valence-electron chi connectivity index (χ4n) is 2.37. The van der Waals surface area contributed by atoms with Gasteiger partial charge in [-0.15, -0.1) is 0 Å². The van der Waals surface area contributed by atoms with Crippen LogP contribution < -0.4 is 0 Å². The zero-order valence-corrected chi connectivity index (χ0v) is 11.3. The zero-order chi connectivity index (χ0) is 13.0. The maximum atomic E-state index is 9.58. The number of nitrogens with zero attached hydrogens (tertiary/aromatic N) is 2. The molecular formula is C15H22N2O. The second-order valence-electron chi connectivity index (χ2n) is 4.72. The second kappa shape index (κ2) is 6.01. The van der Waals surface area contributed by atoms with E-state index in [0.29, 0.717) is 0 Å². The summed E-state index contributed by atoms with van der Waals surface area (Å²) in [5.41, 5.74) is 2.29. The number of aliphatic hydroxyl groups is 1. The Hall–Kier alpha value is -1.35. The molecule has 1 aromatic heterocycles. The minimum Gasteiger partial charge on any atom is -0.393 e. The van der Waals surface area contributed by atoms with Gasteiger partial charge in [0.2, 0.25) is 0 Å². The van der Waals surface area contributed by atoms with Gasteiger partial charge in [0, 0.05) is 13.0 Å². The summed E-state index contributed by atoms with van der Waals surface area (Å²) in [5.74, 6) is 1.14. The van der Waals surface area contributed by atoms with E-state index in [0.717, 1.165) is 43.6 Å². The second-order valence-corrected chi connectivity index (χ2v) is 4.72. The highest BCUT2D eigenvalue weighted by atomic mass is 16.3. The molecule has 0 bridgehead atoms. The van der Waals surface area contributed by atoms with Crippen molar-refractivity contribution in [2.75, 3.05) is 0 Å². The van der Waals surface area contributed by atoms with Gasteiger partial charge in [0.05, 0.1) is 17.1 Å². The lowest BCUT2D eigenvalue weighted by atomic mass is 10.1.